The summed E-state index contributed by atoms with van der Waals surface area (Å²) in [6, 6.07) is 9.24. The molecule has 0 radical (unpaired) electrons. The first-order chi connectivity index (χ1) is 14.6. The maximum Gasteiger partial charge on any atom is 0.455 e. The average molecular weight is 445 g/mol. The van der Waals surface area contributed by atoms with E-state index in [9.17, 15) is 26.3 Å². The number of hydrogen-bond acceptors (Lipinski definition) is 3. The zero-order chi connectivity index (χ0) is 22.6. The van der Waals surface area contributed by atoms with Gasteiger partial charge in [0.2, 0.25) is 0 Å². The Morgan fingerprint density at radius 2 is 1.84 bits per heavy atom. The first-order valence-electron chi connectivity index (χ1n) is 9.42. The highest BCUT2D eigenvalue weighted by Gasteiger charge is 2.57. The maximum atomic E-state index is 13.8. The van der Waals surface area contributed by atoms with Crippen molar-refractivity contribution in [2.45, 2.75) is 25.1 Å². The van der Waals surface area contributed by atoms with Gasteiger partial charge in [-0.3, -0.25) is 0 Å². The number of hydrogen-bond donors (Lipinski definition) is 3. The topological polar surface area (TPSA) is 49.1 Å². The van der Waals surface area contributed by atoms with Crippen LogP contribution in [0.4, 0.5) is 32.0 Å². The SMILES string of the molecule is COc1cc2c(CCNCc3cccc(NCC(F)(F)C(F)(F)F)c3)c[nH]c2cc1F. The van der Waals surface area contributed by atoms with Gasteiger partial charge in [0, 0.05) is 35.4 Å². The molecule has 3 N–H and O–H groups in total. The molecule has 0 saturated heterocycles. The number of nitrogens with one attached hydrogen (secondary N) is 3. The van der Waals surface area contributed by atoms with Crippen molar-refractivity contribution in [1.29, 1.82) is 0 Å². The fourth-order valence-corrected chi connectivity index (χ4v) is 3.10. The summed E-state index contributed by atoms with van der Waals surface area (Å²) in [4.78, 5) is 3.01. The molecular weight excluding hydrogens is 424 g/mol. The first kappa shape index (κ1) is 22.8. The summed E-state index contributed by atoms with van der Waals surface area (Å²) in [6.07, 6.45) is -3.18. The van der Waals surface area contributed by atoms with Crippen molar-refractivity contribution in [2.75, 3.05) is 25.5 Å². The number of fused-ring (bicyclic) bond motifs is 1. The second kappa shape index (κ2) is 9.09. The number of halogens is 6. The Labute approximate surface area is 174 Å². The predicted octanol–water partition coefficient (Wildman–Crippen LogP) is 5.26. The zero-order valence-corrected chi connectivity index (χ0v) is 16.5. The minimum Gasteiger partial charge on any atom is -0.494 e. The molecule has 168 valence electrons. The molecule has 0 saturated carbocycles. The van der Waals surface area contributed by atoms with Gasteiger partial charge in [-0.1, -0.05) is 12.1 Å². The van der Waals surface area contributed by atoms with Gasteiger partial charge in [-0.15, -0.1) is 0 Å². The van der Waals surface area contributed by atoms with Crippen LogP contribution >= 0.6 is 0 Å². The van der Waals surface area contributed by atoms with Crippen molar-refractivity contribution in [2.24, 2.45) is 0 Å². The van der Waals surface area contributed by atoms with Gasteiger partial charge >= 0.3 is 12.1 Å². The van der Waals surface area contributed by atoms with Crippen LogP contribution in [0, 0.1) is 5.82 Å². The molecule has 0 fully saturated rings. The number of alkyl halides is 5. The first-order valence-corrected chi connectivity index (χ1v) is 9.42. The van der Waals surface area contributed by atoms with Crippen LogP contribution in [0.1, 0.15) is 11.1 Å². The van der Waals surface area contributed by atoms with E-state index < -0.39 is 24.5 Å². The van der Waals surface area contributed by atoms with Crippen LogP contribution in [-0.4, -0.2) is 37.3 Å². The minimum atomic E-state index is -5.60. The molecule has 0 unspecified atom stereocenters. The van der Waals surface area contributed by atoms with Crippen LogP contribution in [0.15, 0.2) is 42.6 Å². The molecule has 0 atom stereocenters. The average Bonchev–Trinajstić information content (AvgIpc) is 3.10. The van der Waals surface area contributed by atoms with Gasteiger partial charge in [-0.25, -0.2) is 4.39 Å². The lowest BCUT2D eigenvalue weighted by molar-refractivity contribution is -0.275. The predicted molar refractivity (Wildman–Crippen MR) is 106 cm³/mol. The summed E-state index contributed by atoms with van der Waals surface area (Å²) >= 11 is 0. The molecule has 0 amide bonds. The van der Waals surface area contributed by atoms with Crippen molar-refractivity contribution in [3.05, 3.63) is 59.5 Å². The van der Waals surface area contributed by atoms with Crippen molar-refractivity contribution < 1.29 is 31.1 Å². The summed E-state index contributed by atoms with van der Waals surface area (Å²) in [5.41, 5.74) is 2.52. The third kappa shape index (κ3) is 5.43. The third-order valence-corrected chi connectivity index (χ3v) is 4.80. The summed E-state index contributed by atoms with van der Waals surface area (Å²) in [5.74, 6) is -5.11. The summed E-state index contributed by atoms with van der Waals surface area (Å²) in [7, 11) is 1.39. The Bertz CT molecular complexity index is 1030. The Morgan fingerprint density at radius 1 is 1.06 bits per heavy atom. The van der Waals surface area contributed by atoms with Gasteiger partial charge < -0.3 is 20.4 Å². The number of aromatic amines is 1. The number of aromatic nitrogens is 1. The third-order valence-electron chi connectivity index (χ3n) is 4.80. The Morgan fingerprint density at radius 3 is 2.55 bits per heavy atom. The van der Waals surface area contributed by atoms with Crippen LogP contribution in [0.5, 0.6) is 5.75 Å². The number of ether oxygens (including phenoxy) is 1. The Balaban J connectivity index is 1.54. The number of anilines is 1. The molecule has 10 heteroatoms. The van der Waals surface area contributed by atoms with E-state index in [1.807, 2.05) is 0 Å². The lowest BCUT2D eigenvalue weighted by Gasteiger charge is -2.20. The van der Waals surface area contributed by atoms with E-state index in [4.69, 9.17) is 4.74 Å². The fourth-order valence-electron chi connectivity index (χ4n) is 3.10. The van der Waals surface area contributed by atoms with Crippen LogP contribution in [0.2, 0.25) is 0 Å². The molecule has 2 aromatic carbocycles. The van der Waals surface area contributed by atoms with Crippen LogP contribution < -0.4 is 15.4 Å². The molecule has 1 heterocycles. The van der Waals surface area contributed by atoms with E-state index in [0.29, 0.717) is 25.0 Å². The second-order valence-corrected chi connectivity index (χ2v) is 7.03. The molecule has 0 aliphatic heterocycles. The Hall–Kier alpha value is -2.88. The molecule has 3 aromatic rings. The van der Waals surface area contributed by atoms with E-state index in [-0.39, 0.29) is 11.4 Å². The molecule has 1 aromatic heterocycles. The maximum absolute atomic E-state index is 13.8. The highest BCUT2D eigenvalue weighted by atomic mass is 19.4. The largest absolute Gasteiger partial charge is 0.494 e. The lowest BCUT2D eigenvalue weighted by Crippen LogP contribution is -2.42. The van der Waals surface area contributed by atoms with Crippen LogP contribution in [-0.2, 0) is 13.0 Å². The van der Waals surface area contributed by atoms with Gasteiger partial charge in [0.1, 0.15) is 0 Å². The molecule has 4 nitrogen and oxygen atoms in total. The van der Waals surface area contributed by atoms with Crippen LogP contribution in [0.3, 0.4) is 0 Å². The molecule has 3 rings (SSSR count). The second-order valence-electron chi connectivity index (χ2n) is 7.03. The molecule has 0 bridgehead atoms. The van der Waals surface area contributed by atoms with E-state index in [1.54, 1.807) is 24.4 Å². The van der Waals surface area contributed by atoms with Crippen LogP contribution in [0.25, 0.3) is 10.9 Å². The van der Waals surface area contributed by atoms with Gasteiger partial charge in [0.25, 0.3) is 0 Å². The molecule has 0 aliphatic carbocycles. The standard InChI is InChI=1S/C21H21F6N3O/c1-31-19-8-16-14(11-29-18(16)9-17(19)22)5-6-28-10-13-3-2-4-15(7-13)30-12-20(23,24)21(25,26)27/h2-4,7-9,11,28-30H,5-6,10,12H2,1H3. The number of H-pyrrole nitrogens is 1. The van der Waals surface area contributed by atoms with Gasteiger partial charge in [-0.05, 0) is 42.3 Å². The van der Waals surface area contributed by atoms with Crippen molar-refractivity contribution in [1.82, 2.24) is 10.3 Å². The molecule has 31 heavy (non-hydrogen) atoms. The molecule has 0 spiro atoms. The summed E-state index contributed by atoms with van der Waals surface area (Å²) < 4.78 is 81.7. The van der Waals surface area contributed by atoms with E-state index >= 15 is 0 Å². The number of rotatable bonds is 9. The highest BCUT2D eigenvalue weighted by molar-refractivity contribution is 5.84. The minimum absolute atomic E-state index is 0.154. The highest BCUT2D eigenvalue weighted by Crippen LogP contribution is 2.35. The van der Waals surface area contributed by atoms with Gasteiger partial charge in [-0.2, -0.15) is 22.0 Å². The van der Waals surface area contributed by atoms with Crippen molar-refractivity contribution >= 4 is 16.6 Å². The van der Waals surface area contributed by atoms with Crippen molar-refractivity contribution in [3.8, 4) is 5.75 Å². The smallest absolute Gasteiger partial charge is 0.455 e. The lowest BCUT2D eigenvalue weighted by atomic mass is 10.1. The fraction of sp³-hybridized carbons (Fsp3) is 0.333. The van der Waals surface area contributed by atoms with Gasteiger partial charge in [0.15, 0.2) is 11.6 Å². The van der Waals surface area contributed by atoms with Crippen molar-refractivity contribution in [3.63, 3.8) is 0 Å². The number of benzene rings is 2. The summed E-state index contributed by atoms with van der Waals surface area (Å²) in [5, 5.41) is 6.17. The van der Waals surface area contributed by atoms with E-state index in [2.05, 4.69) is 15.6 Å². The monoisotopic (exact) mass is 445 g/mol. The quantitative estimate of drug-likeness (QED) is 0.311. The van der Waals surface area contributed by atoms with E-state index in [0.717, 1.165) is 16.5 Å². The molecule has 0 aliphatic rings. The van der Waals surface area contributed by atoms with E-state index in [1.165, 1.54) is 25.3 Å². The Kier molecular flexibility index (Phi) is 6.68. The number of methoxy groups -OCH3 is 1. The molecular formula is C21H21F6N3O. The summed E-state index contributed by atoms with van der Waals surface area (Å²) in [6.45, 7) is -0.570. The normalized spacial score (nSPS) is 12.4. The van der Waals surface area contributed by atoms with Gasteiger partial charge in [0.05, 0.1) is 13.7 Å². The zero-order valence-electron chi connectivity index (χ0n) is 16.5.